The maximum absolute atomic E-state index is 6.00. The van der Waals surface area contributed by atoms with E-state index in [1.807, 2.05) is 11.8 Å². The van der Waals surface area contributed by atoms with E-state index in [-0.39, 0.29) is 4.75 Å². The first-order valence-electron chi connectivity index (χ1n) is 6.01. The number of nitrogen functional groups attached to an aromatic ring is 1. The molecular weight excluding hydrogens is 287 g/mol. The van der Waals surface area contributed by atoms with Gasteiger partial charge in [-0.2, -0.15) is 11.8 Å². The van der Waals surface area contributed by atoms with Gasteiger partial charge >= 0.3 is 0 Å². The quantitative estimate of drug-likeness (QED) is 0.733. The summed E-state index contributed by atoms with van der Waals surface area (Å²) in [5.41, 5.74) is 7.41. The summed E-state index contributed by atoms with van der Waals surface area (Å²) in [7, 11) is 0. The molecule has 0 saturated heterocycles. The minimum absolute atomic E-state index is 0.235. The Morgan fingerprint density at radius 1 is 1.22 bits per heavy atom. The molecule has 0 fully saturated rings. The first-order chi connectivity index (χ1) is 8.48. The van der Waals surface area contributed by atoms with Gasteiger partial charge in [0.1, 0.15) is 0 Å². The summed E-state index contributed by atoms with van der Waals surface area (Å²) in [5.74, 6) is 0. The molecule has 0 aromatic heterocycles. The zero-order valence-corrected chi connectivity index (χ0v) is 13.3. The number of rotatable bonds is 6. The summed E-state index contributed by atoms with van der Waals surface area (Å²) in [5, 5.41) is 4.40. The van der Waals surface area contributed by atoms with Crippen LogP contribution in [0.4, 0.5) is 11.4 Å². The van der Waals surface area contributed by atoms with Gasteiger partial charge in [0.05, 0.1) is 21.4 Å². The first kappa shape index (κ1) is 15.8. The number of nitrogens with two attached hydrogens (primary N) is 1. The van der Waals surface area contributed by atoms with Gasteiger partial charge in [-0.15, -0.1) is 0 Å². The van der Waals surface area contributed by atoms with E-state index in [1.165, 1.54) is 0 Å². The number of hydrogen-bond acceptors (Lipinski definition) is 3. The average molecular weight is 307 g/mol. The molecule has 102 valence electrons. The standard InChI is InChI=1S/C13H20Cl2N2S/c1-4-13(5-2,18-3)8-17-12-7-10(15)9(14)6-11(12)16/h6-7,17H,4-5,8,16H2,1-3H3. The van der Waals surface area contributed by atoms with Gasteiger partial charge in [-0.1, -0.05) is 37.0 Å². The van der Waals surface area contributed by atoms with E-state index in [2.05, 4.69) is 25.4 Å². The molecule has 2 nitrogen and oxygen atoms in total. The molecule has 0 saturated carbocycles. The summed E-state index contributed by atoms with van der Waals surface area (Å²) >= 11 is 13.8. The van der Waals surface area contributed by atoms with Gasteiger partial charge in [-0.25, -0.2) is 0 Å². The van der Waals surface area contributed by atoms with Crippen LogP contribution in [0.15, 0.2) is 12.1 Å². The summed E-state index contributed by atoms with van der Waals surface area (Å²) in [4.78, 5) is 0. The van der Waals surface area contributed by atoms with E-state index >= 15 is 0 Å². The van der Waals surface area contributed by atoms with E-state index in [4.69, 9.17) is 28.9 Å². The molecule has 5 heteroatoms. The van der Waals surface area contributed by atoms with Crippen molar-refractivity contribution in [2.75, 3.05) is 23.9 Å². The van der Waals surface area contributed by atoms with Crippen molar-refractivity contribution in [3.63, 3.8) is 0 Å². The Morgan fingerprint density at radius 3 is 2.28 bits per heavy atom. The van der Waals surface area contributed by atoms with Gasteiger partial charge in [0.25, 0.3) is 0 Å². The number of thioether (sulfide) groups is 1. The fourth-order valence-corrected chi connectivity index (χ4v) is 2.96. The Labute approximate surface area is 124 Å². The van der Waals surface area contributed by atoms with E-state index in [0.717, 1.165) is 25.1 Å². The SMILES string of the molecule is CCC(CC)(CNc1cc(Cl)c(Cl)cc1N)SC. The van der Waals surface area contributed by atoms with E-state index in [1.54, 1.807) is 12.1 Å². The maximum atomic E-state index is 6.00. The van der Waals surface area contributed by atoms with Gasteiger partial charge in [-0.3, -0.25) is 0 Å². The Kier molecular flexibility index (Phi) is 5.96. The number of benzene rings is 1. The number of hydrogen-bond donors (Lipinski definition) is 2. The molecule has 0 radical (unpaired) electrons. The van der Waals surface area contributed by atoms with E-state index in [9.17, 15) is 0 Å². The highest BCUT2D eigenvalue weighted by molar-refractivity contribution is 8.00. The molecule has 0 heterocycles. The summed E-state index contributed by atoms with van der Waals surface area (Å²) in [6, 6.07) is 3.47. The molecule has 0 aliphatic heterocycles. The molecule has 0 amide bonds. The van der Waals surface area contributed by atoms with Crippen molar-refractivity contribution >= 4 is 46.3 Å². The second-order valence-corrected chi connectivity index (χ2v) is 6.39. The summed E-state index contributed by atoms with van der Waals surface area (Å²) < 4.78 is 0.235. The zero-order chi connectivity index (χ0) is 13.8. The highest BCUT2D eigenvalue weighted by Crippen LogP contribution is 2.34. The van der Waals surface area contributed by atoms with Gasteiger partial charge in [0.15, 0.2) is 0 Å². The Morgan fingerprint density at radius 2 is 1.78 bits per heavy atom. The van der Waals surface area contributed by atoms with Crippen molar-refractivity contribution < 1.29 is 0 Å². The Balaban J connectivity index is 2.83. The minimum Gasteiger partial charge on any atom is -0.397 e. The zero-order valence-electron chi connectivity index (χ0n) is 11.0. The van der Waals surface area contributed by atoms with Crippen LogP contribution in [0.2, 0.25) is 10.0 Å². The fourth-order valence-electron chi connectivity index (χ4n) is 1.83. The third-order valence-corrected chi connectivity index (χ3v) is 5.73. The van der Waals surface area contributed by atoms with Gasteiger partial charge in [0.2, 0.25) is 0 Å². The molecule has 0 spiro atoms. The lowest BCUT2D eigenvalue weighted by atomic mass is 10.0. The molecule has 1 rings (SSSR count). The topological polar surface area (TPSA) is 38.0 Å². The lowest BCUT2D eigenvalue weighted by molar-refractivity contribution is 0.575. The predicted octanol–water partition coefficient (Wildman–Crippen LogP) is 4.91. The lowest BCUT2D eigenvalue weighted by Crippen LogP contribution is -2.32. The normalized spacial score (nSPS) is 11.6. The summed E-state index contributed by atoms with van der Waals surface area (Å²) in [6.07, 6.45) is 4.37. The molecule has 1 aromatic rings. The van der Waals surface area contributed by atoms with Gasteiger partial charge < -0.3 is 11.1 Å². The smallest absolute Gasteiger partial charge is 0.0614 e. The molecule has 1 aromatic carbocycles. The molecule has 3 N–H and O–H groups in total. The van der Waals surface area contributed by atoms with Crippen LogP contribution in [0.25, 0.3) is 0 Å². The number of halogens is 2. The van der Waals surface area contributed by atoms with Crippen LogP contribution in [0.5, 0.6) is 0 Å². The third kappa shape index (κ3) is 3.62. The van der Waals surface area contributed by atoms with Crippen LogP contribution >= 0.6 is 35.0 Å². The Bertz CT molecular complexity index is 398. The van der Waals surface area contributed by atoms with Crippen molar-refractivity contribution in [2.24, 2.45) is 0 Å². The lowest BCUT2D eigenvalue weighted by Gasteiger charge is -2.30. The molecule has 0 bridgehead atoms. The second-order valence-electron chi connectivity index (χ2n) is 4.30. The highest BCUT2D eigenvalue weighted by atomic mass is 35.5. The predicted molar refractivity (Wildman–Crippen MR) is 86.2 cm³/mol. The largest absolute Gasteiger partial charge is 0.397 e. The molecule has 18 heavy (non-hydrogen) atoms. The van der Waals surface area contributed by atoms with Crippen LogP contribution in [-0.4, -0.2) is 17.5 Å². The summed E-state index contributed by atoms with van der Waals surface area (Å²) in [6.45, 7) is 5.28. The average Bonchev–Trinajstić information content (AvgIpc) is 2.37. The van der Waals surface area contributed by atoms with Crippen molar-refractivity contribution in [1.29, 1.82) is 0 Å². The van der Waals surface area contributed by atoms with Crippen LogP contribution in [-0.2, 0) is 0 Å². The molecular formula is C13H20Cl2N2S. The second kappa shape index (κ2) is 6.78. The van der Waals surface area contributed by atoms with Crippen molar-refractivity contribution in [3.8, 4) is 0 Å². The van der Waals surface area contributed by atoms with Crippen molar-refractivity contribution in [3.05, 3.63) is 22.2 Å². The fraction of sp³-hybridized carbons (Fsp3) is 0.538. The van der Waals surface area contributed by atoms with Crippen molar-refractivity contribution in [1.82, 2.24) is 0 Å². The highest BCUT2D eigenvalue weighted by Gasteiger charge is 2.24. The number of anilines is 2. The van der Waals surface area contributed by atoms with E-state index < -0.39 is 0 Å². The van der Waals surface area contributed by atoms with Gasteiger partial charge in [0, 0.05) is 11.3 Å². The molecule has 0 aliphatic carbocycles. The van der Waals surface area contributed by atoms with Crippen LogP contribution < -0.4 is 11.1 Å². The minimum atomic E-state index is 0.235. The molecule has 0 unspecified atom stereocenters. The van der Waals surface area contributed by atoms with Crippen LogP contribution in [0, 0.1) is 0 Å². The van der Waals surface area contributed by atoms with Crippen molar-refractivity contribution in [2.45, 2.75) is 31.4 Å². The van der Waals surface area contributed by atoms with Crippen LogP contribution in [0.1, 0.15) is 26.7 Å². The third-order valence-electron chi connectivity index (χ3n) is 3.42. The monoisotopic (exact) mass is 306 g/mol. The number of nitrogens with one attached hydrogen (secondary N) is 1. The van der Waals surface area contributed by atoms with Crippen LogP contribution in [0.3, 0.4) is 0 Å². The molecule has 0 aliphatic rings. The van der Waals surface area contributed by atoms with Gasteiger partial charge in [-0.05, 0) is 31.2 Å². The Hall–Kier alpha value is -0.250. The molecule has 0 atom stereocenters. The first-order valence-corrected chi connectivity index (χ1v) is 7.99. The maximum Gasteiger partial charge on any atom is 0.0614 e. The van der Waals surface area contributed by atoms with E-state index in [0.29, 0.717) is 15.7 Å².